The monoisotopic (exact) mass is 319 g/mol. The Morgan fingerprint density at radius 2 is 2.06 bits per heavy atom. The van der Waals surface area contributed by atoms with Gasteiger partial charge in [-0.25, -0.2) is 0 Å². The van der Waals surface area contributed by atoms with E-state index in [1.54, 1.807) is 11.3 Å². The molecular weight excluding hydrogens is 302 g/mol. The quantitative estimate of drug-likeness (QED) is 0.896. The van der Waals surface area contributed by atoms with Crippen LogP contribution in [0.15, 0.2) is 15.9 Å². The number of carbonyl (C=O) groups excluding carboxylic acids is 1. The molecular formula is C12H18BrNO2S. The van der Waals surface area contributed by atoms with Gasteiger partial charge in [0, 0.05) is 26.7 Å². The Kier molecular flexibility index (Phi) is 4.38. The van der Waals surface area contributed by atoms with E-state index in [9.17, 15) is 9.90 Å². The number of nitrogens with one attached hydrogen (secondary N) is 1. The number of rotatable bonds is 4. The SMILES string of the molecule is CC(C)(O)C(=O)NCC(C)(C)c1cc(Br)cs1. The van der Waals surface area contributed by atoms with E-state index in [4.69, 9.17) is 0 Å². The fourth-order valence-electron chi connectivity index (χ4n) is 1.27. The van der Waals surface area contributed by atoms with E-state index in [1.807, 2.05) is 5.38 Å². The average Bonchev–Trinajstić information content (AvgIpc) is 2.60. The summed E-state index contributed by atoms with van der Waals surface area (Å²) in [7, 11) is 0. The smallest absolute Gasteiger partial charge is 0.251 e. The van der Waals surface area contributed by atoms with Gasteiger partial charge in [0.1, 0.15) is 5.60 Å². The van der Waals surface area contributed by atoms with E-state index in [0.29, 0.717) is 6.54 Å². The van der Waals surface area contributed by atoms with Crippen molar-refractivity contribution in [1.29, 1.82) is 0 Å². The number of hydrogen-bond acceptors (Lipinski definition) is 3. The van der Waals surface area contributed by atoms with Crippen LogP contribution in [0.4, 0.5) is 0 Å². The van der Waals surface area contributed by atoms with E-state index < -0.39 is 5.60 Å². The van der Waals surface area contributed by atoms with Crippen LogP contribution in [-0.4, -0.2) is 23.2 Å². The molecule has 0 aliphatic rings. The molecule has 0 aliphatic heterocycles. The summed E-state index contributed by atoms with van der Waals surface area (Å²) in [6.45, 7) is 7.60. The van der Waals surface area contributed by atoms with Gasteiger partial charge >= 0.3 is 0 Å². The molecule has 1 amide bonds. The highest BCUT2D eigenvalue weighted by Crippen LogP contribution is 2.31. The molecule has 0 saturated carbocycles. The van der Waals surface area contributed by atoms with Crippen LogP contribution < -0.4 is 5.32 Å². The second-order valence-electron chi connectivity index (χ2n) is 5.25. The van der Waals surface area contributed by atoms with Gasteiger partial charge in [-0.3, -0.25) is 4.79 Å². The van der Waals surface area contributed by atoms with Crippen molar-refractivity contribution in [3.63, 3.8) is 0 Å². The molecule has 96 valence electrons. The number of halogens is 1. The number of amides is 1. The first-order valence-electron chi connectivity index (χ1n) is 5.38. The summed E-state index contributed by atoms with van der Waals surface area (Å²) in [5, 5.41) is 14.3. The van der Waals surface area contributed by atoms with Crippen molar-refractivity contribution in [2.24, 2.45) is 0 Å². The van der Waals surface area contributed by atoms with Gasteiger partial charge in [0.15, 0.2) is 0 Å². The van der Waals surface area contributed by atoms with Gasteiger partial charge in [0.25, 0.3) is 5.91 Å². The molecule has 1 aromatic heterocycles. The third kappa shape index (κ3) is 4.08. The molecule has 0 aromatic carbocycles. The normalized spacial score (nSPS) is 12.6. The predicted molar refractivity (Wildman–Crippen MR) is 74.4 cm³/mol. The minimum atomic E-state index is -1.33. The van der Waals surface area contributed by atoms with Gasteiger partial charge < -0.3 is 10.4 Å². The maximum Gasteiger partial charge on any atom is 0.251 e. The molecule has 0 aliphatic carbocycles. The molecule has 0 radical (unpaired) electrons. The fourth-order valence-corrected chi connectivity index (χ4v) is 2.83. The summed E-state index contributed by atoms with van der Waals surface area (Å²) in [6.07, 6.45) is 0. The van der Waals surface area contributed by atoms with Crippen LogP contribution in [0.2, 0.25) is 0 Å². The Morgan fingerprint density at radius 1 is 1.47 bits per heavy atom. The number of carbonyl (C=O) groups is 1. The fraction of sp³-hybridized carbons (Fsp3) is 0.583. The second kappa shape index (κ2) is 5.08. The first-order valence-corrected chi connectivity index (χ1v) is 7.05. The second-order valence-corrected chi connectivity index (χ2v) is 7.08. The molecule has 3 nitrogen and oxygen atoms in total. The largest absolute Gasteiger partial charge is 0.381 e. The number of aliphatic hydroxyl groups is 1. The van der Waals surface area contributed by atoms with E-state index >= 15 is 0 Å². The van der Waals surface area contributed by atoms with Crippen LogP contribution in [0.5, 0.6) is 0 Å². The molecule has 0 unspecified atom stereocenters. The topological polar surface area (TPSA) is 49.3 Å². The van der Waals surface area contributed by atoms with Crippen molar-refractivity contribution in [3.05, 3.63) is 20.8 Å². The lowest BCUT2D eigenvalue weighted by molar-refractivity contribution is -0.136. The van der Waals surface area contributed by atoms with Crippen molar-refractivity contribution in [1.82, 2.24) is 5.32 Å². The van der Waals surface area contributed by atoms with Crippen molar-refractivity contribution in [2.75, 3.05) is 6.54 Å². The minimum Gasteiger partial charge on any atom is -0.381 e. The standard InChI is InChI=1S/C12H18BrNO2S/c1-11(2,9-5-8(13)6-17-9)7-14-10(15)12(3,4)16/h5-6,16H,7H2,1-4H3,(H,14,15). The van der Waals surface area contributed by atoms with Crippen molar-refractivity contribution in [2.45, 2.75) is 38.7 Å². The molecule has 5 heteroatoms. The van der Waals surface area contributed by atoms with E-state index in [0.717, 1.165) is 4.47 Å². The molecule has 2 N–H and O–H groups in total. The van der Waals surface area contributed by atoms with Crippen LogP contribution in [-0.2, 0) is 10.2 Å². The highest BCUT2D eigenvalue weighted by molar-refractivity contribution is 9.10. The van der Waals surface area contributed by atoms with E-state index in [2.05, 4.69) is 41.2 Å². The van der Waals surface area contributed by atoms with Crippen molar-refractivity contribution < 1.29 is 9.90 Å². The number of thiophene rings is 1. The van der Waals surface area contributed by atoms with Gasteiger partial charge in [-0.15, -0.1) is 11.3 Å². The lowest BCUT2D eigenvalue weighted by Crippen LogP contribution is -2.46. The first-order chi connectivity index (χ1) is 7.63. The summed E-state index contributed by atoms with van der Waals surface area (Å²) in [4.78, 5) is 12.8. The van der Waals surface area contributed by atoms with Gasteiger partial charge in [0.05, 0.1) is 0 Å². The highest BCUT2D eigenvalue weighted by atomic mass is 79.9. The maximum atomic E-state index is 11.6. The van der Waals surface area contributed by atoms with Gasteiger partial charge in [-0.05, 0) is 35.8 Å². The summed E-state index contributed by atoms with van der Waals surface area (Å²) in [5.41, 5.74) is -1.47. The summed E-state index contributed by atoms with van der Waals surface area (Å²) >= 11 is 5.07. The Hall–Kier alpha value is -0.390. The zero-order valence-corrected chi connectivity index (χ0v) is 12.9. The molecule has 1 rings (SSSR count). The molecule has 0 saturated heterocycles. The highest BCUT2D eigenvalue weighted by Gasteiger charge is 2.28. The molecule has 1 heterocycles. The molecule has 0 bridgehead atoms. The van der Waals surface area contributed by atoms with Crippen LogP contribution in [0.3, 0.4) is 0 Å². The van der Waals surface area contributed by atoms with Gasteiger partial charge in [0.2, 0.25) is 0 Å². The van der Waals surface area contributed by atoms with Crippen LogP contribution >= 0.6 is 27.3 Å². The van der Waals surface area contributed by atoms with Crippen LogP contribution in [0.1, 0.15) is 32.6 Å². The third-order valence-electron chi connectivity index (χ3n) is 2.48. The molecule has 1 aromatic rings. The summed E-state index contributed by atoms with van der Waals surface area (Å²) in [5.74, 6) is -0.346. The van der Waals surface area contributed by atoms with Crippen LogP contribution in [0.25, 0.3) is 0 Å². The van der Waals surface area contributed by atoms with Crippen molar-refractivity contribution >= 4 is 33.2 Å². The van der Waals surface area contributed by atoms with E-state index in [-0.39, 0.29) is 11.3 Å². The molecule has 0 fully saturated rings. The van der Waals surface area contributed by atoms with E-state index in [1.165, 1.54) is 18.7 Å². The van der Waals surface area contributed by atoms with Gasteiger partial charge in [-0.2, -0.15) is 0 Å². The number of hydrogen-bond donors (Lipinski definition) is 2. The molecule has 0 spiro atoms. The summed E-state index contributed by atoms with van der Waals surface area (Å²) < 4.78 is 1.05. The molecule has 17 heavy (non-hydrogen) atoms. The first kappa shape index (κ1) is 14.7. The third-order valence-corrected chi connectivity index (χ3v) is 4.54. The molecule has 0 atom stereocenters. The lowest BCUT2D eigenvalue weighted by Gasteiger charge is -2.26. The zero-order chi connectivity index (χ0) is 13.3. The Balaban J connectivity index is 2.65. The summed E-state index contributed by atoms with van der Waals surface area (Å²) in [6, 6.07) is 2.06. The lowest BCUT2D eigenvalue weighted by atomic mass is 9.91. The Labute approximate surface area is 114 Å². The van der Waals surface area contributed by atoms with Gasteiger partial charge in [-0.1, -0.05) is 13.8 Å². The Morgan fingerprint density at radius 3 is 2.47 bits per heavy atom. The Bertz CT molecular complexity index is 407. The minimum absolute atomic E-state index is 0.141. The zero-order valence-electron chi connectivity index (χ0n) is 10.5. The average molecular weight is 320 g/mol. The maximum absolute atomic E-state index is 11.6. The van der Waals surface area contributed by atoms with Crippen LogP contribution in [0, 0.1) is 0 Å². The van der Waals surface area contributed by atoms with Crippen molar-refractivity contribution in [3.8, 4) is 0 Å². The predicted octanol–water partition coefficient (Wildman–Crippen LogP) is 2.68.